The maximum atomic E-state index is 11.4. The maximum absolute atomic E-state index is 11.4. The number of nitrogens with zero attached hydrogens (tertiary/aromatic N) is 2. The minimum Gasteiger partial charge on any atom is -0.507 e. The Labute approximate surface area is 93.1 Å². The first kappa shape index (κ1) is 10.4. The molecule has 0 aliphatic rings. The van der Waals surface area contributed by atoms with Crippen molar-refractivity contribution in [1.82, 2.24) is 9.78 Å². The van der Waals surface area contributed by atoms with Gasteiger partial charge in [0.05, 0.1) is 17.5 Å². The molecule has 2 rings (SSSR count). The molecule has 16 heavy (non-hydrogen) atoms. The number of ketones is 1. The van der Waals surface area contributed by atoms with Crippen LogP contribution >= 0.6 is 0 Å². The summed E-state index contributed by atoms with van der Waals surface area (Å²) in [5.74, 6) is 0.0833. The Bertz CT molecular complexity index is 544. The molecule has 0 saturated heterocycles. The number of aromatic hydroxyl groups is 1. The van der Waals surface area contributed by atoms with Gasteiger partial charge in [0.25, 0.3) is 0 Å². The highest BCUT2D eigenvalue weighted by Crippen LogP contribution is 2.30. The average molecular weight is 216 g/mol. The van der Waals surface area contributed by atoms with E-state index < -0.39 is 0 Å². The Balaban J connectivity index is 2.68. The largest absolute Gasteiger partial charge is 0.507 e. The van der Waals surface area contributed by atoms with Crippen LogP contribution in [0.15, 0.2) is 30.5 Å². The summed E-state index contributed by atoms with van der Waals surface area (Å²) < 4.78 is 1.59. The predicted molar refractivity (Wildman–Crippen MR) is 60.3 cm³/mol. The van der Waals surface area contributed by atoms with Crippen LogP contribution in [0.3, 0.4) is 0 Å². The minimum absolute atomic E-state index is 0.0636. The molecule has 0 spiro atoms. The fourth-order valence-electron chi connectivity index (χ4n) is 1.69. The Morgan fingerprint density at radius 1 is 1.38 bits per heavy atom. The van der Waals surface area contributed by atoms with E-state index in [-0.39, 0.29) is 11.5 Å². The van der Waals surface area contributed by atoms with Gasteiger partial charge in [-0.2, -0.15) is 5.10 Å². The number of rotatable bonds is 2. The van der Waals surface area contributed by atoms with Gasteiger partial charge in [-0.15, -0.1) is 0 Å². The van der Waals surface area contributed by atoms with E-state index in [1.54, 1.807) is 29.9 Å². The van der Waals surface area contributed by atoms with Crippen molar-refractivity contribution in [1.29, 1.82) is 0 Å². The normalized spacial score (nSPS) is 10.4. The van der Waals surface area contributed by atoms with Crippen molar-refractivity contribution in [3.63, 3.8) is 0 Å². The van der Waals surface area contributed by atoms with Crippen LogP contribution in [0.5, 0.6) is 5.75 Å². The smallest absolute Gasteiger partial charge is 0.163 e. The van der Waals surface area contributed by atoms with Gasteiger partial charge < -0.3 is 5.11 Å². The van der Waals surface area contributed by atoms with Crippen molar-refractivity contribution in [2.75, 3.05) is 0 Å². The summed E-state index contributed by atoms with van der Waals surface area (Å²) in [5, 5.41) is 13.8. The topological polar surface area (TPSA) is 55.1 Å². The first-order chi connectivity index (χ1) is 7.61. The minimum atomic E-state index is -0.0636. The third-order valence-corrected chi connectivity index (χ3v) is 2.48. The second-order valence-corrected chi connectivity index (χ2v) is 3.60. The van der Waals surface area contributed by atoms with E-state index in [0.717, 1.165) is 0 Å². The van der Waals surface area contributed by atoms with E-state index in [4.69, 9.17) is 0 Å². The molecule has 0 radical (unpaired) electrons. The number of phenolic OH excluding ortho intramolecular Hbond substituents is 1. The van der Waals surface area contributed by atoms with Crippen LogP contribution in [0.4, 0.5) is 0 Å². The zero-order valence-electron chi connectivity index (χ0n) is 9.14. The first-order valence-electron chi connectivity index (χ1n) is 4.92. The van der Waals surface area contributed by atoms with Gasteiger partial charge in [-0.3, -0.25) is 9.48 Å². The quantitative estimate of drug-likeness (QED) is 0.781. The van der Waals surface area contributed by atoms with E-state index in [2.05, 4.69) is 5.10 Å². The molecule has 1 aromatic carbocycles. The number of phenols is 1. The molecule has 0 bridgehead atoms. The number of carbonyl (C=O) groups is 1. The molecule has 0 aliphatic carbocycles. The molecule has 0 amide bonds. The molecule has 2 aromatic rings. The lowest BCUT2D eigenvalue weighted by molar-refractivity contribution is 0.101. The zero-order valence-corrected chi connectivity index (χ0v) is 9.14. The average Bonchev–Trinajstić information content (AvgIpc) is 2.61. The highest BCUT2D eigenvalue weighted by atomic mass is 16.3. The summed E-state index contributed by atoms with van der Waals surface area (Å²) in [6.07, 6.45) is 1.52. The fraction of sp³-hybridized carbons (Fsp3) is 0.167. The molecule has 0 saturated carbocycles. The van der Waals surface area contributed by atoms with E-state index in [1.165, 1.54) is 13.1 Å². The van der Waals surface area contributed by atoms with Crippen molar-refractivity contribution < 1.29 is 9.90 Å². The maximum Gasteiger partial charge on any atom is 0.163 e. The first-order valence-corrected chi connectivity index (χ1v) is 4.92. The van der Waals surface area contributed by atoms with Crippen molar-refractivity contribution in [2.24, 2.45) is 7.05 Å². The molecule has 0 atom stereocenters. The second-order valence-electron chi connectivity index (χ2n) is 3.60. The standard InChI is InChI=1S/C12H12N2O2/c1-8(15)10-7-13-14(2)12(10)9-5-3-4-6-11(9)16/h3-7,16H,1-2H3. The molecule has 4 nitrogen and oxygen atoms in total. The molecule has 82 valence electrons. The summed E-state index contributed by atoms with van der Waals surface area (Å²) in [5.41, 5.74) is 1.78. The summed E-state index contributed by atoms with van der Waals surface area (Å²) >= 11 is 0. The van der Waals surface area contributed by atoms with Gasteiger partial charge in [0.15, 0.2) is 5.78 Å². The summed E-state index contributed by atoms with van der Waals surface area (Å²) in [7, 11) is 1.74. The highest BCUT2D eigenvalue weighted by molar-refractivity contribution is 6.00. The lowest BCUT2D eigenvalue weighted by Gasteiger charge is -2.06. The number of hydrogen-bond donors (Lipinski definition) is 1. The lowest BCUT2D eigenvalue weighted by Crippen LogP contribution is -1.98. The molecule has 1 N–H and O–H groups in total. The van der Waals surface area contributed by atoms with Crippen LogP contribution in [-0.2, 0) is 7.05 Å². The van der Waals surface area contributed by atoms with E-state index in [0.29, 0.717) is 16.8 Å². The van der Waals surface area contributed by atoms with E-state index >= 15 is 0 Å². The Hall–Kier alpha value is -2.10. The van der Waals surface area contributed by atoms with Crippen LogP contribution in [0.25, 0.3) is 11.3 Å². The molecule has 0 unspecified atom stereocenters. The molecule has 0 aliphatic heterocycles. The summed E-state index contributed by atoms with van der Waals surface area (Å²) in [6, 6.07) is 6.90. The van der Waals surface area contributed by atoms with Crippen LogP contribution in [0.1, 0.15) is 17.3 Å². The van der Waals surface area contributed by atoms with Gasteiger partial charge in [-0.05, 0) is 19.1 Å². The molecule has 4 heteroatoms. The number of hydrogen-bond acceptors (Lipinski definition) is 3. The summed E-state index contributed by atoms with van der Waals surface area (Å²) in [6.45, 7) is 1.49. The second kappa shape index (κ2) is 3.81. The number of carbonyl (C=O) groups excluding carboxylic acids is 1. The number of Topliss-reactive ketones (excluding diaryl/α,β-unsaturated/α-hetero) is 1. The van der Waals surface area contributed by atoms with Gasteiger partial charge in [0.2, 0.25) is 0 Å². The SMILES string of the molecule is CC(=O)c1cnn(C)c1-c1ccccc1O. The third kappa shape index (κ3) is 1.58. The van der Waals surface area contributed by atoms with Gasteiger partial charge in [0, 0.05) is 12.6 Å². The Morgan fingerprint density at radius 3 is 2.69 bits per heavy atom. The fourth-order valence-corrected chi connectivity index (χ4v) is 1.69. The number of para-hydroxylation sites is 1. The Kier molecular flexibility index (Phi) is 2.48. The highest BCUT2D eigenvalue weighted by Gasteiger charge is 2.16. The zero-order chi connectivity index (χ0) is 11.7. The van der Waals surface area contributed by atoms with Crippen LogP contribution in [0, 0.1) is 0 Å². The number of aryl methyl sites for hydroxylation is 1. The van der Waals surface area contributed by atoms with Crippen molar-refractivity contribution >= 4 is 5.78 Å². The Morgan fingerprint density at radius 2 is 2.06 bits per heavy atom. The van der Waals surface area contributed by atoms with Crippen LogP contribution < -0.4 is 0 Å². The van der Waals surface area contributed by atoms with Crippen molar-refractivity contribution in [3.05, 3.63) is 36.0 Å². The van der Waals surface area contributed by atoms with Crippen LogP contribution in [0.2, 0.25) is 0 Å². The molecular weight excluding hydrogens is 204 g/mol. The van der Waals surface area contributed by atoms with Gasteiger partial charge in [-0.25, -0.2) is 0 Å². The molecule has 1 heterocycles. The number of benzene rings is 1. The third-order valence-electron chi connectivity index (χ3n) is 2.48. The predicted octanol–water partition coefficient (Wildman–Crippen LogP) is 2.00. The molecule has 1 aromatic heterocycles. The van der Waals surface area contributed by atoms with Gasteiger partial charge in [0.1, 0.15) is 5.75 Å². The van der Waals surface area contributed by atoms with E-state index in [1.807, 2.05) is 6.07 Å². The molecular formula is C12H12N2O2. The lowest BCUT2D eigenvalue weighted by atomic mass is 10.0. The number of aromatic nitrogens is 2. The summed E-state index contributed by atoms with van der Waals surface area (Å²) in [4.78, 5) is 11.4. The monoisotopic (exact) mass is 216 g/mol. The molecule has 0 fully saturated rings. The van der Waals surface area contributed by atoms with Crippen molar-refractivity contribution in [3.8, 4) is 17.0 Å². The van der Waals surface area contributed by atoms with E-state index in [9.17, 15) is 9.90 Å². The van der Waals surface area contributed by atoms with Crippen LogP contribution in [-0.4, -0.2) is 20.7 Å². The van der Waals surface area contributed by atoms with Gasteiger partial charge in [-0.1, -0.05) is 12.1 Å². The van der Waals surface area contributed by atoms with Crippen molar-refractivity contribution in [2.45, 2.75) is 6.92 Å². The van der Waals surface area contributed by atoms with Gasteiger partial charge >= 0.3 is 0 Å².